The van der Waals surface area contributed by atoms with Crippen molar-refractivity contribution in [3.63, 3.8) is 0 Å². The first kappa shape index (κ1) is 35.1. The maximum absolute atomic E-state index is 4.61. The van der Waals surface area contributed by atoms with E-state index in [2.05, 4.69) is 74.0 Å². The Morgan fingerprint density at radius 1 is 0.810 bits per heavy atom. The molecule has 0 radical (unpaired) electrons. The summed E-state index contributed by atoms with van der Waals surface area (Å²) < 4.78 is 12.9. The normalized spacial score (nSPS) is 8.83. The van der Waals surface area contributed by atoms with E-state index in [-0.39, 0.29) is 0 Å². The standard InChI is InChI=1S/3C4H6N2.C4H5NO.C3H4N2O.2C3H4N2S/c1-4-2-5-3-6-4;1-4-5-2-3-6-4;2*1-4-2-3-5-6-4;2*1-3-5-4-2-6-3;1-3-4-2-5-6-3/h3*2-3H,1H3,(H,5,6);2-3H,1H3;3*2H,1H3. The third kappa shape index (κ3) is 21.0. The Morgan fingerprint density at radius 3 is 1.81 bits per heavy atom. The van der Waals surface area contributed by atoms with Gasteiger partial charge >= 0.3 is 0 Å². The van der Waals surface area contributed by atoms with E-state index < -0.39 is 0 Å². The number of nitrogens with one attached hydrogen (secondary N) is 3. The van der Waals surface area contributed by atoms with Crippen LogP contribution in [0.4, 0.5) is 0 Å². The van der Waals surface area contributed by atoms with E-state index in [1.54, 1.807) is 73.5 Å². The lowest BCUT2D eigenvalue weighted by molar-refractivity contribution is 0.397. The molecule has 42 heavy (non-hydrogen) atoms. The molecule has 7 heterocycles. The first-order valence-corrected chi connectivity index (χ1v) is 13.8. The average molecular weight is 614 g/mol. The summed E-state index contributed by atoms with van der Waals surface area (Å²) in [6, 6.07) is 3.72. The highest BCUT2D eigenvalue weighted by molar-refractivity contribution is 7.09. The van der Waals surface area contributed by atoms with Crippen molar-refractivity contribution in [2.45, 2.75) is 48.5 Å². The number of H-pyrrole nitrogens is 3. The number of aromatic nitrogens is 13. The largest absolute Gasteiger partial charge is 0.428 e. The van der Waals surface area contributed by atoms with Gasteiger partial charge in [0.05, 0.1) is 12.5 Å². The van der Waals surface area contributed by atoms with Crippen LogP contribution in [0.2, 0.25) is 0 Å². The van der Waals surface area contributed by atoms with Crippen molar-refractivity contribution >= 4 is 22.9 Å². The van der Waals surface area contributed by atoms with Crippen LogP contribution in [0.15, 0.2) is 76.6 Å². The Labute approximate surface area is 251 Å². The molecule has 17 heteroatoms. The number of aryl methyl sites for hydroxylation is 7. The second-order valence-electron chi connectivity index (χ2n) is 7.65. The minimum absolute atomic E-state index is 0.606. The zero-order chi connectivity index (χ0) is 30.8. The molecule has 0 aromatic carbocycles. The van der Waals surface area contributed by atoms with Gasteiger partial charge in [-0.15, -0.1) is 31.7 Å². The first-order valence-electron chi connectivity index (χ1n) is 12.2. The molecule has 0 amide bonds. The van der Waals surface area contributed by atoms with Crippen LogP contribution in [0.1, 0.15) is 38.9 Å². The van der Waals surface area contributed by atoms with Gasteiger partial charge in [-0.2, -0.15) is 9.47 Å². The molecule has 0 aliphatic carbocycles. The molecular weight excluding hydrogens is 578 g/mol. The summed E-state index contributed by atoms with van der Waals surface area (Å²) in [5, 5.41) is 26.1. The molecule has 0 saturated heterocycles. The van der Waals surface area contributed by atoms with E-state index >= 15 is 0 Å². The fraction of sp³-hybridized carbons (Fsp3) is 0.280. The van der Waals surface area contributed by atoms with Crippen LogP contribution >= 0.6 is 22.9 Å². The lowest BCUT2D eigenvalue weighted by Gasteiger charge is -1.68. The van der Waals surface area contributed by atoms with Crippen molar-refractivity contribution in [2.24, 2.45) is 0 Å². The van der Waals surface area contributed by atoms with E-state index in [1.165, 1.54) is 17.9 Å². The molecule has 7 aromatic heterocycles. The average Bonchev–Trinajstić information content (AvgIpc) is 3.79. The van der Waals surface area contributed by atoms with Crippen molar-refractivity contribution in [3.05, 3.63) is 107 Å². The minimum atomic E-state index is 0.606. The molecule has 0 bridgehead atoms. The van der Waals surface area contributed by atoms with Crippen molar-refractivity contribution in [3.8, 4) is 0 Å². The minimum Gasteiger partial charge on any atom is -0.428 e. The van der Waals surface area contributed by atoms with E-state index in [0.29, 0.717) is 5.89 Å². The molecule has 3 N–H and O–H groups in total. The van der Waals surface area contributed by atoms with Crippen molar-refractivity contribution in [2.75, 3.05) is 0 Å². The summed E-state index contributed by atoms with van der Waals surface area (Å²) in [5.74, 6) is 2.43. The number of aromatic amines is 3. The monoisotopic (exact) mass is 613 g/mol. The maximum Gasteiger partial charge on any atom is 0.213 e. The molecule has 0 fully saturated rings. The van der Waals surface area contributed by atoms with Gasteiger partial charge in [0.2, 0.25) is 12.3 Å². The Balaban J connectivity index is 0.000000245. The van der Waals surface area contributed by atoms with Gasteiger partial charge in [0.15, 0.2) is 0 Å². The smallest absolute Gasteiger partial charge is 0.213 e. The van der Waals surface area contributed by atoms with Gasteiger partial charge < -0.3 is 18.9 Å². The number of hydrogen-bond donors (Lipinski definition) is 3. The Hall–Kier alpha value is -4.90. The third-order valence-electron chi connectivity index (χ3n) is 3.89. The fourth-order valence-corrected chi connectivity index (χ4v) is 2.64. The number of imidazole rings is 2. The molecular formula is C25H35N13O2S2. The van der Waals surface area contributed by atoms with E-state index in [1.807, 2.05) is 47.6 Å². The van der Waals surface area contributed by atoms with Crippen molar-refractivity contribution in [1.82, 2.24) is 65.0 Å². The van der Waals surface area contributed by atoms with Crippen molar-refractivity contribution in [1.29, 1.82) is 0 Å². The molecule has 0 unspecified atom stereocenters. The van der Waals surface area contributed by atoms with Crippen LogP contribution in [-0.2, 0) is 0 Å². The van der Waals surface area contributed by atoms with Crippen LogP contribution in [-0.4, -0.2) is 65.0 Å². The summed E-state index contributed by atoms with van der Waals surface area (Å²) in [5.41, 5.74) is 3.93. The van der Waals surface area contributed by atoms with Crippen molar-refractivity contribution < 1.29 is 8.94 Å². The molecule has 0 aliphatic heterocycles. The van der Waals surface area contributed by atoms with E-state index in [9.17, 15) is 0 Å². The predicted molar refractivity (Wildman–Crippen MR) is 160 cm³/mol. The second-order valence-corrected chi connectivity index (χ2v) is 9.67. The van der Waals surface area contributed by atoms with Crippen LogP contribution in [0, 0.1) is 48.5 Å². The summed E-state index contributed by atoms with van der Waals surface area (Å²) in [6.07, 6.45) is 13.2. The van der Waals surface area contributed by atoms with Gasteiger partial charge in [-0.1, -0.05) is 5.16 Å². The van der Waals surface area contributed by atoms with Crippen LogP contribution in [0.3, 0.4) is 0 Å². The highest BCUT2D eigenvalue weighted by atomic mass is 32.1. The summed E-state index contributed by atoms with van der Waals surface area (Å²) in [7, 11) is 0. The molecule has 0 aliphatic rings. The van der Waals surface area contributed by atoms with Crippen LogP contribution in [0.25, 0.3) is 0 Å². The van der Waals surface area contributed by atoms with Crippen LogP contribution < -0.4 is 0 Å². The Morgan fingerprint density at radius 2 is 1.64 bits per heavy atom. The van der Waals surface area contributed by atoms with Gasteiger partial charge in [0.1, 0.15) is 33.4 Å². The zero-order valence-corrected chi connectivity index (χ0v) is 26.1. The van der Waals surface area contributed by atoms with Gasteiger partial charge in [-0.05, 0) is 59.1 Å². The lowest BCUT2D eigenvalue weighted by atomic mass is 10.5. The number of hydrogen-bond acceptors (Lipinski definition) is 14. The molecule has 7 rings (SSSR count). The molecule has 0 saturated carbocycles. The lowest BCUT2D eigenvalue weighted by Crippen LogP contribution is -1.66. The summed E-state index contributed by atoms with van der Waals surface area (Å²) in [4.78, 5) is 17.2. The molecule has 0 spiro atoms. The highest BCUT2D eigenvalue weighted by Gasteiger charge is 1.80. The van der Waals surface area contributed by atoms with Crippen LogP contribution in [0.5, 0.6) is 0 Å². The van der Waals surface area contributed by atoms with Gasteiger partial charge in [-0.3, -0.25) is 5.10 Å². The third-order valence-corrected chi connectivity index (χ3v) is 5.08. The Bertz CT molecular complexity index is 1100. The van der Waals surface area contributed by atoms with Gasteiger partial charge in [-0.25, -0.2) is 15.0 Å². The van der Waals surface area contributed by atoms with Gasteiger partial charge in [0.25, 0.3) is 0 Å². The quantitative estimate of drug-likeness (QED) is 0.202. The summed E-state index contributed by atoms with van der Waals surface area (Å²) in [6.45, 7) is 13.3. The number of nitrogens with zero attached hydrogens (tertiary/aromatic N) is 10. The molecule has 0 atom stereocenters. The second kappa shape index (κ2) is 22.9. The molecule has 7 aromatic rings. The maximum atomic E-state index is 4.61. The SMILES string of the molecule is Cc1ccn[nH]1.Cc1ccno1.Cc1cnc[nH]1.Cc1ncc[nH]1.Cc1ncns1.Cc1nnco1.Cc1nncs1. The topological polar surface area (TPSA) is 203 Å². The highest BCUT2D eigenvalue weighted by Crippen LogP contribution is 1.95. The molecule has 224 valence electrons. The van der Waals surface area contributed by atoms with Gasteiger partial charge in [0, 0.05) is 49.2 Å². The first-order chi connectivity index (χ1) is 20.3. The Kier molecular flexibility index (Phi) is 19.1. The zero-order valence-electron chi connectivity index (χ0n) is 24.5. The fourth-order valence-electron chi connectivity index (χ4n) is 1.96. The number of rotatable bonds is 0. The summed E-state index contributed by atoms with van der Waals surface area (Å²) >= 11 is 2.97. The van der Waals surface area contributed by atoms with E-state index in [4.69, 9.17) is 0 Å². The van der Waals surface area contributed by atoms with E-state index in [0.717, 1.165) is 33.0 Å². The predicted octanol–water partition coefficient (Wildman–Crippen LogP) is 5.21. The molecule has 15 nitrogen and oxygen atoms in total.